The fraction of sp³-hybridized carbons (Fsp3) is 0.579. The minimum absolute atomic E-state index is 0.149. The van der Waals surface area contributed by atoms with E-state index >= 15 is 0 Å². The van der Waals surface area contributed by atoms with Gasteiger partial charge in [0.15, 0.2) is 30.2 Å². The van der Waals surface area contributed by atoms with E-state index in [4.69, 9.17) is 31.2 Å². The number of esters is 3. The van der Waals surface area contributed by atoms with E-state index in [2.05, 4.69) is 4.98 Å². The van der Waals surface area contributed by atoms with Crippen LogP contribution in [0.2, 0.25) is 0 Å². The summed E-state index contributed by atoms with van der Waals surface area (Å²) in [6.07, 6.45) is -4.37. The van der Waals surface area contributed by atoms with Gasteiger partial charge in [-0.05, 0) is 6.92 Å². The number of carbonyl (C=O) groups excluding carboxylic acids is 3. The highest BCUT2D eigenvalue weighted by Crippen LogP contribution is 2.34. The van der Waals surface area contributed by atoms with Crippen molar-refractivity contribution in [3.63, 3.8) is 0 Å². The minimum Gasteiger partial charge on any atom is -0.456 e. The van der Waals surface area contributed by atoms with Crippen LogP contribution >= 0.6 is 12.2 Å². The van der Waals surface area contributed by atoms with Gasteiger partial charge in [0.05, 0.1) is 6.61 Å². The molecule has 1 aliphatic rings. The summed E-state index contributed by atoms with van der Waals surface area (Å²) >= 11 is 5.49. The average molecular weight is 468 g/mol. The Morgan fingerprint density at radius 2 is 1.56 bits per heavy atom. The number of fused-ring (bicyclic) bond motifs is 1. The van der Waals surface area contributed by atoms with E-state index in [1.165, 1.54) is 37.0 Å². The van der Waals surface area contributed by atoms with Gasteiger partial charge in [-0.2, -0.15) is 0 Å². The Balaban J connectivity index is 2.23. The van der Waals surface area contributed by atoms with Gasteiger partial charge < -0.3 is 18.9 Å². The fourth-order valence-corrected chi connectivity index (χ4v) is 4.05. The summed E-state index contributed by atoms with van der Waals surface area (Å²) in [6.45, 7) is 5.11. The Labute approximate surface area is 187 Å². The third-order valence-corrected chi connectivity index (χ3v) is 5.51. The van der Waals surface area contributed by atoms with Crippen molar-refractivity contribution in [2.75, 3.05) is 6.61 Å². The third-order valence-electron chi connectivity index (χ3n) is 5.05. The lowest BCUT2D eigenvalue weighted by Gasteiger charge is -2.41. The highest BCUT2D eigenvalue weighted by Gasteiger charge is 2.48. The second-order valence-corrected chi connectivity index (χ2v) is 7.81. The number of hydrogen-bond donors (Lipinski definition) is 0. The Hall–Kier alpha value is -3.06. The van der Waals surface area contributed by atoms with E-state index in [1.807, 2.05) is 0 Å². The van der Waals surface area contributed by atoms with Crippen LogP contribution in [-0.4, -0.2) is 61.5 Å². The van der Waals surface area contributed by atoms with Crippen LogP contribution in [0.15, 0.2) is 4.79 Å². The van der Waals surface area contributed by atoms with Gasteiger partial charge in [0, 0.05) is 34.9 Å². The second kappa shape index (κ2) is 8.82. The van der Waals surface area contributed by atoms with Crippen molar-refractivity contribution < 1.29 is 33.3 Å². The summed E-state index contributed by atoms with van der Waals surface area (Å²) in [5.41, 5.74) is 0.352. The predicted molar refractivity (Wildman–Crippen MR) is 111 cm³/mol. The highest BCUT2D eigenvalue weighted by atomic mass is 32.1. The van der Waals surface area contributed by atoms with Gasteiger partial charge in [-0.25, -0.2) is 9.78 Å². The molecule has 12 nitrogen and oxygen atoms in total. The summed E-state index contributed by atoms with van der Waals surface area (Å²) in [6, 6.07) is 0. The number of ether oxygens (including phenoxy) is 4. The molecule has 0 spiro atoms. The molecule has 2 aromatic heterocycles. The van der Waals surface area contributed by atoms with Gasteiger partial charge in [-0.1, -0.05) is 12.2 Å². The van der Waals surface area contributed by atoms with Crippen LogP contribution in [0, 0.1) is 11.6 Å². The molecule has 0 amide bonds. The van der Waals surface area contributed by atoms with E-state index < -0.39 is 42.4 Å². The van der Waals surface area contributed by atoms with Crippen molar-refractivity contribution in [1.82, 2.24) is 18.7 Å². The van der Waals surface area contributed by atoms with Crippen LogP contribution in [0.4, 0.5) is 0 Å². The number of aryl methyl sites for hydroxylation is 2. The van der Waals surface area contributed by atoms with Gasteiger partial charge in [-0.15, -0.1) is 0 Å². The lowest BCUT2D eigenvalue weighted by Crippen LogP contribution is -2.55. The van der Waals surface area contributed by atoms with E-state index in [9.17, 15) is 19.2 Å². The fourth-order valence-electron chi connectivity index (χ4n) is 3.78. The van der Waals surface area contributed by atoms with Crippen molar-refractivity contribution in [2.45, 2.75) is 52.2 Å². The first kappa shape index (κ1) is 23.6. The first-order chi connectivity index (χ1) is 14.9. The van der Waals surface area contributed by atoms with Crippen LogP contribution < -0.4 is 5.69 Å². The molecule has 1 aliphatic heterocycles. The normalized spacial score (nSPS) is 23.1. The van der Waals surface area contributed by atoms with E-state index in [-0.39, 0.29) is 16.9 Å². The molecule has 2 aromatic rings. The molecule has 0 aromatic carbocycles. The molecule has 32 heavy (non-hydrogen) atoms. The number of rotatable bonds is 4. The maximum Gasteiger partial charge on any atom is 0.330 e. The Morgan fingerprint density at radius 3 is 2.12 bits per heavy atom. The molecule has 0 aliphatic carbocycles. The molecule has 4 atom stereocenters. The molecule has 0 radical (unpaired) electrons. The monoisotopic (exact) mass is 468 g/mol. The zero-order chi connectivity index (χ0) is 23.9. The largest absolute Gasteiger partial charge is 0.456 e. The number of nitrogens with zero attached hydrogens (tertiary/aromatic N) is 4. The topological polar surface area (TPSA) is 133 Å². The third kappa shape index (κ3) is 4.17. The van der Waals surface area contributed by atoms with Crippen molar-refractivity contribution in [3.05, 3.63) is 20.9 Å². The minimum atomic E-state index is -1.19. The smallest absolute Gasteiger partial charge is 0.330 e. The van der Waals surface area contributed by atoms with Crippen LogP contribution in [-0.2, 0) is 47.4 Å². The molecule has 0 saturated carbocycles. The number of carbonyl (C=O) groups is 3. The molecule has 174 valence electrons. The molecule has 1 fully saturated rings. The van der Waals surface area contributed by atoms with Gasteiger partial charge >= 0.3 is 23.6 Å². The molecular formula is C19H24N4O8S. The molecular weight excluding hydrogens is 444 g/mol. The number of hydrogen-bond acceptors (Lipinski definition) is 10. The van der Waals surface area contributed by atoms with E-state index in [1.54, 1.807) is 18.5 Å². The zero-order valence-electron chi connectivity index (χ0n) is 18.5. The summed E-state index contributed by atoms with van der Waals surface area (Å²) in [7, 11) is 3.08. The SMILES string of the molecule is CC(=O)O[C@@H]1[C@H](OC(C)=O)[C@H](OC(C)=O)CO[C@H]1n1c(C)nc2c1c(=S)n(C)c(=O)n2C. The summed E-state index contributed by atoms with van der Waals surface area (Å²) in [5, 5.41) is 0. The lowest BCUT2D eigenvalue weighted by molar-refractivity contribution is -0.239. The molecule has 3 heterocycles. The van der Waals surface area contributed by atoms with E-state index in [0.29, 0.717) is 17.0 Å². The van der Waals surface area contributed by atoms with Gasteiger partial charge in [0.2, 0.25) is 0 Å². The second-order valence-electron chi connectivity index (χ2n) is 7.43. The maximum atomic E-state index is 12.4. The highest BCUT2D eigenvalue weighted by molar-refractivity contribution is 7.71. The van der Waals surface area contributed by atoms with Gasteiger partial charge in [0.1, 0.15) is 16.0 Å². The van der Waals surface area contributed by atoms with Crippen molar-refractivity contribution >= 4 is 41.3 Å². The zero-order valence-corrected chi connectivity index (χ0v) is 19.3. The first-order valence-corrected chi connectivity index (χ1v) is 10.1. The van der Waals surface area contributed by atoms with Crippen LogP contribution in [0.3, 0.4) is 0 Å². The lowest BCUT2D eigenvalue weighted by atomic mass is 10.0. The predicted octanol–water partition coefficient (Wildman–Crippen LogP) is 0.435. The summed E-state index contributed by atoms with van der Waals surface area (Å²) in [4.78, 5) is 52.2. The molecule has 0 bridgehead atoms. The summed E-state index contributed by atoms with van der Waals surface area (Å²) in [5.74, 6) is -1.52. The average Bonchev–Trinajstić information content (AvgIpc) is 3.03. The van der Waals surface area contributed by atoms with Crippen LogP contribution in [0.1, 0.15) is 32.8 Å². The van der Waals surface area contributed by atoms with Crippen molar-refractivity contribution in [3.8, 4) is 0 Å². The molecule has 1 saturated heterocycles. The Bertz CT molecular complexity index is 1210. The Kier molecular flexibility index (Phi) is 6.51. The van der Waals surface area contributed by atoms with Crippen molar-refractivity contribution in [1.29, 1.82) is 0 Å². The van der Waals surface area contributed by atoms with Gasteiger partial charge in [-0.3, -0.25) is 28.1 Å². The molecule has 3 rings (SSSR count). The van der Waals surface area contributed by atoms with Crippen LogP contribution in [0.5, 0.6) is 0 Å². The molecule has 0 unspecified atom stereocenters. The standard InChI is InChI=1S/C19H24N4O8S/c1-8-20-16-13(18(32)22(6)19(27)21(16)5)23(8)17-15(31-11(4)26)14(30-10(3)25)12(7-28-17)29-9(2)24/h12,14-15,17H,7H2,1-6H3/t12-,14-,15-,17-/m1/s1. The quantitative estimate of drug-likeness (QED) is 0.353. The van der Waals surface area contributed by atoms with E-state index in [0.717, 1.165) is 0 Å². The molecule has 13 heteroatoms. The maximum absolute atomic E-state index is 12.4. The van der Waals surface area contributed by atoms with Crippen molar-refractivity contribution in [2.24, 2.45) is 14.1 Å². The first-order valence-electron chi connectivity index (χ1n) is 9.71. The Morgan fingerprint density at radius 1 is 1.00 bits per heavy atom. The van der Waals surface area contributed by atoms with Gasteiger partial charge in [0.25, 0.3) is 0 Å². The molecule has 0 N–H and O–H groups in total. The number of imidazole rings is 1. The number of aromatic nitrogens is 4. The van der Waals surface area contributed by atoms with Crippen LogP contribution in [0.25, 0.3) is 11.2 Å². The summed E-state index contributed by atoms with van der Waals surface area (Å²) < 4.78 is 26.5.